The Morgan fingerprint density at radius 3 is 2.67 bits per heavy atom. The van der Waals surface area contributed by atoms with Gasteiger partial charge >= 0.3 is 0 Å². The van der Waals surface area contributed by atoms with Crippen molar-refractivity contribution in [3.63, 3.8) is 0 Å². The van der Waals surface area contributed by atoms with Gasteiger partial charge in [0.15, 0.2) is 11.6 Å². The minimum atomic E-state index is 0. The third-order valence-corrected chi connectivity index (χ3v) is 3.67. The molecule has 0 aromatic carbocycles. The van der Waals surface area contributed by atoms with Crippen molar-refractivity contribution >= 4 is 12.4 Å². The highest BCUT2D eigenvalue weighted by molar-refractivity contribution is 5.85. The monoisotopic (exact) mass is 348 g/mol. The largest absolute Gasteiger partial charge is 0.334 e. The van der Waals surface area contributed by atoms with Gasteiger partial charge in [-0.05, 0) is 46.0 Å². The number of nitrogens with zero attached hydrogens (tertiary/aromatic N) is 5. The molecule has 1 atom stereocenters. The van der Waals surface area contributed by atoms with Crippen LogP contribution < -0.4 is 5.32 Å². The fourth-order valence-electron chi connectivity index (χ4n) is 2.33. The molecule has 7 nitrogen and oxygen atoms in total. The Hall–Kier alpha value is -2.25. The van der Waals surface area contributed by atoms with Crippen LogP contribution in [0.1, 0.15) is 24.1 Å². The maximum atomic E-state index is 5.32. The maximum Gasteiger partial charge on any atom is 0.259 e. The number of hydrogen-bond donors (Lipinski definition) is 1. The van der Waals surface area contributed by atoms with Crippen molar-refractivity contribution in [3.05, 3.63) is 41.6 Å². The molecular weight excluding hydrogens is 328 g/mol. The number of pyridine rings is 1. The highest BCUT2D eigenvalue weighted by atomic mass is 35.5. The normalized spacial score (nSPS) is 12.0. The summed E-state index contributed by atoms with van der Waals surface area (Å²) in [6.45, 7) is 6.04. The van der Waals surface area contributed by atoms with Crippen molar-refractivity contribution < 1.29 is 4.52 Å². The van der Waals surface area contributed by atoms with Crippen molar-refractivity contribution in [3.8, 4) is 17.3 Å². The van der Waals surface area contributed by atoms with E-state index in [1.807, 2.05) is 43.8 Å². The van der Waals surface area contributed by atoms with E-state index in [1.54, 1.807) is 6.20 Å². The number of nitrogens with one attached hydrogen (secondary N) is 1. The highest BCUT2D eigenvalue weighted by Gasteiger charge is 2.12. The van der Waals surface area contributed by atoms with Crippen LogP contribution in [0.5, 0.6) is 0 Å². The molecule has 0 radical (unpaired) electrons. The molecule has 0 aliphatic rings. The summed E-state index contributed by atoms with van der Waals surface area (Å²) in [5, 5.41) is 11.6. The zero-order chi connectivity index (χ0) is 16.4. The molecule has 0 aliphatic heterocycles. The predicted molar refractivity (Wildman–Crippen MR) is 93.6 cm³/mol. The molecular formula is C16H21ClN6O. The summed E-state index contributed by atoms with van der Waals surface area (Å²) in [6, 6.07) is 6.13. The molecule has 0 aliphatic carbocycles. The molecule has 0 fully saturated rings. The molecule has 0 saturated heterocycles. The van der Waals surface area contributed by atoms with Crippen LogP contribution >= 0.6 is 12.4 Å². The molecule has 3 heterocycles. The van der Waals surface area contributed by atoms with Crippen molar-refractivity contribution in [2.24, 2.45) is 0 Å². The SMILES string of the molecule is CNC(C)Cc1noc(-c2ccc(-n3nc(C)cc3C)nc2)n1.Cl. The van der Waals surface area contributed by atoms with Gasteiger partial charge in [0.05, 0.1) is 11.3 Å². The first-order chi connectivity index (χ1) is 11.1. The molecule has 3 aromatic heterocycles. The molecule has 0 saturated carbocycles. The summed E-state index contributed by atoms with van der Waals surface area (Å²) >= 11 is 0. The van der Waals surface area contributed by atoms with Gasteiger partial charge in [0, 0.05) is 24.4 Å². The van der Waals surface area contributed by atoms with Crippen LogP contribution in [0.2, 0.25) is 0 Å². The van der Waals surface area contributed by atoms with Gasteiger partial charge in [-0.3, -0.25) is 0 Å². The van der Waals surface area contributed by atoms with E-state index in [2.05, 4.69) is 32.5 Å². The van der Waals surface area contributed by atoms with Crippen LogP contribution in [0.3, 0.4) is 0 Å². The van der Waals surface area contributed by atoms with E-state index in [0.717, 1.165) is 29.2 Å². The Morgan fingerprint density at radius 2 is 2.08 bits per heavy atom. The average molecular weight is 349 g/mol. The third-order valence-electron chi connectivity index (χ3n) is 3.67. The van der Waals surface area contributed by atoms with Crippen LogP contribution in [-0.2, 0) is 6.42 Å². The molecule has 1 N–H and O–H groups in total. The van der Waals surface area contributed by atoms with Crippen LogP contribution in [0.25, 0.3) is 17.3 Å². The van der Waals surface area contributed by atoms with E-state index in [1.165, 1.54) is 0 Å². The smallest absolute Gasteiger partial charge is 0.259 e. The number of halogens is 1. The number of hydrogen-bond acceptors (Lipinski definition) is 6. The Balaban J connectivity index is 0.00000208. The summed E-state index contributed by atoms with van der Waals surface area (Å²) in [7, 11) is 1.91. The van der Waals surface area contributed by atoms with Gasteiger partial charge in [-0.2, -0.15) is 10.1 Å². The Morgan fingerprint density at radius 1 is 1.29 bits per heavy atom. The lowest BCUT2D eigenvalue weighted by Crippen LogP contribution is -2.24. The minimum absolute atomic E-state index is 0. The first-order valence-corrected chi connectivity index (χ1v) is 7.56. The first kappa shape index (κ1) is 18.1. The number of likely N-dealkylation sites (N-methyl/N-ethyl adjacent to an activating group) is 1. The molecule has 0 bridgehead atoms. The molecule has 1 unspecified atom stereocenters. The second-order valence-corrected chi connectivity index (χ2v) is 5.65. The van der Waals surface area contributed by atoms with Gasteiger partial charge in [-0.1, -0.05) is 5.16 Å². The lowest BCUT2D eigenvalue weighted by molar-refractivity contribution is 0.418. The fraction of sp³-hybridized carbons (Fsp3) is 0.375. The lowest BCUT2D eigenvalue weighted by Gasteiger charge is -2.04. The summed E-state index contributed by atoms with van der Waals surface area (Å²) < 4.78 is 7.13. The predicted octanol–water partition coefficient (Wildman–Crippen LogP) is 2.51. The van der Waals surface area contributed by atoms with Crippen molar-refractivity contribution in [2.75, 3.05) is 7.05 Å². The average Bonchev–Trinajstić information content (AvgIpc) is 3.13. The van der Waals surface area contributed by atoms with Gasteiger partial charge in [0.1, 0.15) is 0 Å². The van der Waals surface area contributed by atoms with Crippen LogP contribution in [-0.4, -0.2) is 38.0 Å². The second-order valence-electron chi connectivity index (χ2n) is 5.65. The minimum Gasteiger partial charge on any atom is -0.334 e. The maximum absolute atomic E-state index is 5.32. The van der Waals surface area contributed by atoms with E-state index < -0.39 is 0 Å². The Kier molecular flexibility index (Phi) is 5.69. The molecule has 24 heavy (non-hydrogen) atoms. The van der Waals surface area contributed by atoms with Crippen molar-refractivity contribution in [1.82, 2.24) is 30.2 Å². The number of rotatable bonds is 5. The Bertz CT molecular complexity index is 795. The van der Waals surface area contributed by atoms with Gasteiger partial charge in [-0.25, -0.2) is 9.67 Å². The zero-order valence-electron chi connectivity index (χ0n) is 14.1. The summed E-state index contributed by atoms with van der Waals surface area (Å²) in [4.78, 5) is 8.86. The van der Waals surface area contributed by atoms with E-state index in [-0.39, 0.29) is 12.4 Å². The number of aryl methyl sites for hydroxylation is 2. The third kappa shape index (κ3) is 3.80. The van der Waals surface area contributed by atoms with Crippen LogP contribution in [0.15, 0.2) is 28.9 Å². The van der Waals surface area contributed by atoms with Gasteiger partial charge in [0.2, 0.25) is 0 Å². The van der Waals surface area contributed by atoms with Crippen molar-refractivity contribution in [2.45, 2.75) is 33.2 Å². The van der Waals surface area contributed by atoms with Crippen LogP contribution in [0.4, 0.5) is 0 Å². The van der Waals surface area contributed by atoms with Gasteiger partial charge in [0.25, 0.3) is 5.89 Å². The molecule has 128 valence electrons. The molecule has 0 spiro atoms. The Labute approximate surface area is 146 Å². The van der Waals surface area contributed by atoms with Crippen molar-refractivity contribution in [1.29, 1.82) is 0 Å². The first-order valence-electron chi connectivity index (χ1n) is 7.56. The quantitative estimate of drug-likeness (QED) is 0.763. The number of aromatic nitrogens is 5. The highest BCUT2D eigenvalue weighted by Crippen LogP contribution is 2.18. The zero-order valence-corrected chi connectivity index (χ0v) is 15.0. The lowest BCUT2D eigenvalue weighted by atomic mass is 10.2. The van der Waals surface area contributed by atoms with Gasteiger partial charge in [-0.15, -0.1) is 12.4 Å². The summed E-state index contributed by atoms with van der Waals surface area (Å²) in [6.07, 6.45) is 2.45. The van der Waals surface area contributed by atoms with Crippen LogP contribution in [0, 0.1) is 13.8 Å². The van der Waals surface area contributed by atoms with Gasteiger partial charge < -0.3 is 9.84 Å². The van der Waals surface area contributed by atoms with E-state index in [9.17, 15) is 0 Å². The molecule has 8 heteroatoms. The summed E-state index contributed by atoms with van der Waals surface area (Å²) in [5.41, 5.74) is 2.81. The molecule has 3 rings (SSSR count). The second kappa shape index (κ2) is 7.55. The molecule has 0 amide bonds. The standard InChI is InChI=1S/C16H20N6O.ClH/c1-10(17-4)8-14-19-16(23-21-14)13-5-6-15(18-9-13)22-12(3)7-11(2)20-22;/h5-7,9-10,17H,8H2,1-4H3;1H. The fourth-order valence-corrected chi connectivity index (χ4v) is 2.33. The van der Waals surface area contributed by atoms with E-state index >= 15 is 0 Å². The van der Waals surface area contributed by atoms with E-state index in [0.29, 0.717) is 17.8 Å². The molecule has 3 aromatic rings. The topological polar surface area (TPSA) is 81.7 Å². The summed E-state index contributed by atoms with van der Waals surface area (Å²) in [5.74, 6) is 1.93. The van der Waals surface area contributed by atoms with E-state index in [4.69, 9.17) is 4.52 Å².